The molecule has 0 fully saturated rings. The predicted molar refractivity (Wildman–Crippen MR) is 130 cm³/mol. The normalized spacial score (nSPS) is 11.4. The summed E-state index contributed by atoms with van der Waals surface area (Å²) in [5, 5.41) is 4.15. The molecular formula is C26H33N3O4. The van der Waals surface area contributed by atoms with Crippen molar-refractivity contribution in [3.8, 4) is 17.4 Å². The van der Waals surface area contributed by atoms with E-state index in [-0.39, 0.29) is 6.61 Å². The van der Waals surface area contributed by atoms with Crippen LogP contribution >= 0.6 is 0 Å². The average molecular weight is 452 g/mol. The van der Waals surface area contributed by atoms with Gasteiger partial charge in [0.25, 0.3) is 0 Å². The molecule has 0 aliphatic carbocycles. The molecule has 2 heterocycles. The largest absolute Gasteiger partial charge is 0.493 e. The van der Waals surface area contributed by atoms with E-state index in [1.165, 1.54) is 0 Å². The van der Waals surface area contributed by atoms with Crippen LogP contribution in [0, 0.1) is 11.8 Å². The molecule has 0 aliphatic rings. The van der Waals surface area contributed by atoms with Gasteiger partial charge >= 0.3 is 0 Å². The Bertz CT molecular complexity index is 1070. The molecule has 0 amide bonds. The molecule has 7 heteroatoms. The Morgan fingerprint density at radius 1 is 1.03 bits per heavy atom. The maximum absolute atomic E-state index is 10.8. The van der Waals surface area contributed by atoms with Crippen LogP contribution in [0.4, 0.5) is 0 Å². The molecule has 176 valence electrons. The lowest BCUT2D eigenvalue weighted by atomic mass is 10.0. The van der Waals surface area contributed by atoms with Crippen molar-refractivity contribution < 1.29 is 14.2 Å². The van der Waals surface area contributed by atoms with Crippen molar-refractivity contribution in [2.45, 2.75) is 65.5 Å². The van der Waals surface area contributed by atoms with E-state index in [1.807, 2.05) is 45.0 Å². The Morgan fingerprint density at radius 2 is 1.82 bits per heavy atom. The molecule has 0 bridgehead atoms. The van der Waals surface area contributed by atoms with Gasteiger partial charge in [-0.2, -0.15) is 4.91 Å². The van der Waals surface area contributed by atoms with E-state index in [2.05, 4.69) is 17.1 Å². The number of nitrogens with zero attached hydrogens (tertiary/aromatic N) is 3. The van der Waals surface area contributed by atoms with Gasteiger partial charge in [-0.15, -0.1) is 0 Å². The highest BCUT2D eigenvalue weighted by Gasteiger charge is 2.17. The van der Waals surface area contributed by atoms with Gasteiger partial charge in [0, 0.05) is 23.2 Å². The fourth-order valence-corrected chi connectivity index (χ4v) is 3.41. The van der Waals surface area contributed by atoms with Crippen molar-refractivity contribution in [3.63, 3.8) is 0 Å². The zero-order valence-corrected chi connectivity index (χ0v) is 20.0. The lowest BCUT2D eigenvalue weighted by Crippen LogP contribution is -2.16. The van der Waals surface area contributed by atoms with Crippen LogP contribution in [-0.4, -0.2) is 28.7 Å². The van der Waals surface area contributed by atoms with Crippen LogP contribution in [0.2, 0.25) is 0 Å². The zero-order valence-electron chi connectivity index (χ0n) is 20.0. The number of aromatic nitrogens is 2. The van der Waals surface area contributed by atoms with E-state index >= 15 is 0 Å². The second-order valence-corrected chi connectivity index (χ2v) is 8.71. The lowest BCUT2D eigenvalue weighted by Gasteiger charge is -2.16. The van der Waals surface area contributed by atoms with E-state index in [0.717, 1.165) is 47.2 Å². The molecule has 2 aromatic heterocycles. The second-order valence-electron chi connectivity index (χ2n) is 8.71. The second kappa shape index (κ2) is 11.6. The summed E-state index contributed by atoms with van der Waals surface area (Å²) < 4.78 is 17.9. The van der Waals surface area contributed by atoms with E-state index in [4.69, 9.17) is 19.2 Å². The first-order valence-corrected chi connectivity index (χ1v) is 11.5. The van der Waals surface area contributed by atoms with Crippen molar-refractivity contribution in [3.05, 3.63) is 58.8 Å². The van der Waals surface area contributed by atoms with Crippen LogP contribution in [0.5, 0.6) is 17.4 Å². The number of pyridine rings is 2. The van der Waals surface area contributed by atoms with Gasteiger partial charge in [-0.3, -0.25) is 0 Å². The van der Waals surface area contributed by atoms with Crippen LogP contribution in [0.1, 0.15) is 57.7 Å². The van der Waals surface area contributed by atoms with Gasteiger partial charge in [0.15, 0.2) is 0 Å². The Hall–Kier alpha value is -3.22. The molecule has 0 spiro atoms. The molecule has 7 nitrogen and oxygen atoms in total. The van der Waals surface area contributed by atoms with Crippen molar-refractivity contribution in [2.75, 3.05) is 13.2 Å². The topological polar surface area (TPSA) is 82.9 Å². The number of hydrogen-bond acceptors (Lipinski definition) is 7. The molecule has 3 aromatic rings. The lowest BCUT2D eigenvalue weighted by molar-refractivity contribution is 0.272. The van der Waals surface area contributed by atoms with Crippen LogP contribution in [0.15, 0.2) is 47.8 Å². The average Bonchev–Trinajstić information content (AvgIpc) is 2.82. The maximum Gasteiger partial charge on any atom is 0.217 e. The quantitative estimate of drug-likeness (QED) is 0.221. The fourth-order valence-electron chi connectivity index (χ4n) is 3.41. The summed E-state index contributed by atoms with van der Waals surface area (Å²) >= 11 is 0. The number of rotatable bonds is 13. The molecule has 33 heavy (non-hydrogen) atoms. The van der Waals surface area contributed by atoms with Crippen LogP contribution < -0.4 is 14.2 Å². The minimum atomic E-state index is -0.570. The van der Waals surface area contributed by atoms with Gasteiger partial charge in [-0.1, -0.05) is 30.7 Å². The van der Waals surface area contributed by atoms with E-state index in [1.54, 1.807) is 18.3 Å². The minimum Gasteiger partial charge on any atom is -0.493 e. The molecule has 0 N–H and O–H groups in total. The van der Waals surface area contributed by atoms with Gasteiger partial charge in [0.05, 0.1) is 30.0 Å². The highest BCUT2D eigenvalue weighted by Crippen LogP contribution is 2.31. The van der Waals surface area contributed by atoms with Crippen molar-refractivity contribution in [2.24, 2.45) is 5.18 Å². The fraction of sp³-hybridized carbons (Fsp3) is 0.462. The summed E-state index contributed by atoms with van der Waals surface area (Å²) in [4.78, 5) is 19.9. The highest BCUT2D eigenvalue weighted by atomic mass is 16.5. The van der Waals surface area contributed by atoms with Gasteiger partial charge in [0.1, 0.15) is 18.1 Å². The Balaban J connectivity index is 1.67. The summed E-state index contributed by atoms with van der Waals surface area (Å²) in [6.07, 6.45) is 5.13. The van der Waals surface area contributed by atoms with Crippen LogP contribution in [0.25, 0.3) is 10.9 Å². The Kier molecular flexibility index (Phi) is 8.58. The number of unbranched alkanes of at least 4 members (excludes halogenated alkanes) is 1. The summed E-state index contributed by atoms with van der Waals surface area (Å²) in [5.74, 6) is 2.00. The number of benzene rings is 1. The number of nitroso groups, excluding NO2 is 1. The molecule has 0 unspecified atom stereocenters. The van der Waals surface area contributed by atoms with Gasteiger partial charge in [-0.25, -0.2) is 9.97 Å². The molecule has 0 atom stereocenters. The third-order valence-corrected chi connectivity index (χ3v) is 5.43. The molecular weight excluding hydrogens is 418 g/mol. The van der Waals surface area contributed by atoms with Gasteiger partial charge in [0.2, 0.25) is 5.88 Å². The minimum absolute atomic E-state index is 0.274. The summed E-state index contributed by atoms with van der Waals surface area (Å²) in [6, 6.07) is 11.5. The Morgan fingerprint density at radius 3 is 2.61 bits per heavy atom. The van der Waals surface area contributed by atoms with E-state index in [9.17, 15) is 4.91 Å². The van der Waals surface area contributed by atoms with Gasteiger partial charge in [-0.05, 0) is 58.2 Å². The van der Waals surface area contributed by atoms with Crippen molar-refractivity contribution in [1.29, 1.82) is 0 Å². The molecule has 0 radical (unpaired) electrons. The maximum atomic E-state index is 10.8. The number of ether oxygens (including phenoxy) is 3. The standard InChI is InChI=1S/C26H33N3O4/c1-5-6-15-32-25-19(2)23(28-22-11-8-7-10-21(22)25)18-33-24-17-20(12-14-27-24)31-16-9-13-26(3,4)29-30/h7-8,10-12,14,17H,5-6,9,13,15-16,18H2,1-4H3. The molecule has 1 aromatic carbocycles. The van der Waals surface area contributed by atoms with E-state index < -0.39 is 5.54 Å². The van der Waals surface area contributed by atoms with Crippen molar-refractivity contribution in [1.82, 2.24) is 9.97 Å². The van der Waals surface area contributed by atoms with E-state index in [0.29, 0.717) is 31.3 Å². The van der Waals surface area contributed by atoms with Crippen molar-refractivity contribution >= 4 is 10.9 Å². The first kappa shape index (κ1) is 24.4. The SMILES string of the molecule is CCCCOc1c(C)c(COc2cc(OCCCC(C)(C)N=O)ccn2)nc2ccccc12. The Labute approximate surface area is 195 Å². The number of fused-ring (bicyclic) bond motifs is 1. The molecule has 0 aliphatic heterocycles. The summed E-state index contributed by atoms with van der Waals surface area (Å²) in [6.45, 7) is 9.24. The number of hydrogen-bond donors (Lipinski definition) is 0. The van der Waals surface area contributed by atoms with Crippen LogP contribution in [-0.2, 0) is 6.61 Å². The monoisotopic (exact) mass is 451 g/mol. The highest BCUT2D eigenvalue weighted by molar-refractivity contribution is 5.86. The zero-order chi connectivity index (χ0) is 23.7. The van der Waals surface area contributed by atoms with Crippen LogP contribution in [0.3, 0.4) is 0 Å². The smallest absolute Gasteiger partial charge is 0.217 e. The number of para-hydroxylation sites is 1. The third kappa shape index (κ3) is 6.88. The molecule has 0 saturated carbocycles. The predicted octanol–water partition coefficient (Wildman–Crippen LogP) is 6.40. The summed E-state index contributed by atoms with van der Waals surface area (Å²) in [5.41, 5.74) is 2.10. The van der Waals surface area contributed by atoms with Gasteiger partial charge < -0.3 is 14.2 Å². The molecule has 3 rings (SSSR count). The first-order chi connectivity index (χ1) is 15.9. The molecule has 0 saturated heterocycles. The first-order valence-electron chi connectivity index (χ1n) is 11.5. The summed E-state index contributed by atoms with van der Waals surface area (Å²) in [7, 11) is 0. The third-order valence-electron chi connectivity index (χ3n) is 5.43.